The van der Waals surface area contributed by atoms with Gasteiger partial charge in [-0.3, -0.25) is 4.79 Å². The molecule has 0 spiro atoms. The van der Waals surface area contributed by atoms with Gasteiger partial charge >= 0.3 is 5.97 Å². The summed E-state index contributed by atoms with van der Waals surface area (Å²) in [7, 11) is 0. The minimum Gasteiger partial charge on any atom is -0.480 e. The molecule has 60 valence electrons. The van der Waals surface area contributed by atoms with Gasteiger partial charge in [-0.05, 0) is 12.8 Å². The van der Waals surface area contributed by atoms with Crippen LogP contribution in [-0.4, -0.2) is 28.3 Å². The maximum absolute atomic E-state index is 10.1. The summed E-state index contributed by atoms with van der Waals surface area (Å²) in [5, 5.41) is 17.2. The minimum absolute atomic E-state index is 0.131. The van der Waals surface area contributed by atoms with Gasteiger partial charge in [0, 0.05) is 0 Å². The molecule has 0 aromatic heterocycles. The Balaban J connectivity index is 3.56. The lowest BCUT2D eigenvalue weighted by molar-refractivity contribution is -0.139. The lowest BCUT2D eigenvalue weighted by atomic mass is 10.1. The van der Waals surface area contributed by atoms with Crippen LogP contribution in [0.1, 0.15) is 19.8 Å². The summed E-state index contributed by atoms with van der Waals surface area (Å²) in [6, 6.07) is -0.935. The molecule has 4 nitrogen and oxygen atoms in total. The summed E-state index contributed by atoms with van der Waals surface area (Å²) in [6.45, 7) is 1.78. The van der Waals surface area contributed by atoms with Crippen molar-refractivity contribution in [1.82, 2.24) is 0 Å². The molecule has 0 aromatic rings. The Kier molecular flexibility index (Phi) is 3.99. The van der Waals surface area contributed by atoms with Crippen molar-refractivity contribution >= 4 is 5.97 Å². The van der Waals surface area contributed by atoms with Gasteiger partial charge in [0.05, 0.1) is 6.10 Å². The predicted octanol–water partition coefficient (Wildman–Crippen LogP) is -0.441. The summed E-state index contributed by atoms with van der Waals surface area (Å²) in [5.41, 5.74) is 5.13. The highest BCUT2D eigenvalue weighted by Crippen LogP contribution is 1.99. The molecule has 4 N–H and O–H groups in total. The maximum Gasteiger partial charge on any atom is 0.320 e. The van der Waals surface area contributed by atoms with Gasteiger partial charge in [0.2, 0.25) is 0 Å². The molecular weight excluding hydrogens is 134 g/mol. The highest BCUT2D eigenvalue weighted by atomic mass is 16.4. The molecule has 0 aliphatic rings. The number of carboxylic acids is 1. The lowest BCUT2D eigenvalue weighted by Crippen LogP contribution is -2.33. The van der Waals surface area contributed by atoms with Crippen LogP contribution in [0, 0.1) is 0 Å². The third-order valence-corrected chi connectivity index (χ3v) is 1.31. The van der Waals surface area contributed by atoms with Crippen LogP contribution in [-0.2, 0) is 4.79 Å². The van der Waals surface area contributed by atoms with E-state index in [9.17, 15) is 4.79 Å². The summed E-state index contributed by atoms with van der Waals surface area (Å²) in [5.74, 6) is -1.06. The average molecular weight is 147 g/mol. The van der Waals surface area contributed by atoms with E-state index in [1.54, 1.807) is 6.92 Å². The first kappa shape index (κ1) is 9.39. The van der Waals surface area contributed by atoms with E-state index in [-0.39, 0.29) is 6.42 Å². The molecule has 0 amide bonds. The van der Waals surface area contributed by atoms with Gasteiger partial charge in [0.15, 0.2) is 0 Å². The zero-order valence-electron chi connectivity index (χ0n) is 5.95. The maximum atomic E-state index is 10.1. The third kappa shape index (κ3) is 3.42. The van der Waals surface area contributed by atoms with Crippen LogP contribution in [0.2, 0.25) is 0 Å². The van der Waals surface area contributed by atoms with Crippen molar-refractivity contribution in [2.45, 2.75) is 31.9 Å². The van der Waals surface area contributed by atoms with Crippen LogP contribution < -0.4 is 5.73 Å². The zero-order valence-corrected chi connectivity index (χ0v) is 5.95. The quantitative estimate of drug-likeness (QED) is 0.503. The number of hydrogen-bond acceptors (Lipinski definition) is 3. The largest absolute Gasteiger partial charge is 0.480 e. The monoisotopic (exact) mass is 147 g/mol. The Morgan fingerprint density at radius 2 is 2.20 bits per heavy atom. The molecule has 0 fully saturated rings. The average Bonchev–Trinajstić information content (AvgIpc) is 1.87. The number of aliphatic carboxylic acids is 1. The van der Waals surface area contributed by atoms with Crippen LogP contribution in [0.5, 0.6) is 0 Å². The van der Waals surface area contributed by atoms with Crippen LogP contribution in [0.25, 0.3) is 0 Å². The molecule has 10 heavy (non-hydrogen) atoms. The van der Waals surface area contributed by atoms with Crippen LogP contribution in [0.3, 0.4) is 0 Å². The molecule has 0 heterocycles. The summed E-state index contributed by atoms with van der Waals surface area (Å²) < 4.78 is 0. The van der Waals surface area contributed by atoms with Gasteiger partial charge in [-0.25, -0.2) is 0 Å². The van der Waals surface area contributed by atoms with Crippen molar-refractivity contribution in [3.05, 3.63) is 0 Å². The normalized spacial score (nSPS) is 16.3. The SMILES string of the molecule is CC[C@H](O)C[C@H](N)C(=O)O. The van der Waals surface area contributed by atoms with E-state index < -0.39 is 18.1 Å². The van der Waals surface area contributed by atoms with E-state index in [1.807, 2.05) is 0 Å². The molecule has 0 aliphatic heterocycles. The van der Waals surface area contributed by atoms with Gasteiger partial charge in [-0.15, -0.1) is 0 Å². The number of carbonyl (C=O) groups is 1. The smallest absolute Gasteiger partial charge is 0.320 e. The Morgan fingerprint density at radius 1 is 1.70 bits per heavy atom. The first-order valence-electron chi connectivity index (χ1n) is 3.24. The van der Waals surface area contributed by atoms with Crippen molar-refractivity contribution in [2.24, 2.45) is 5.73 Å². The third-order valence-electron chi connectivity index (χ3n) is 1.31. The highest BCUT2D eigenvalue weighted by molar-refractivity contribution is 5.73. The second-order valence-corrected chi connectivity index (χ2v) is 2.24. The highest BCUT2D eigenvalue weighted by Gasteiger charge is 2.14. The Labute approximate surface area is 59.7 Å². The first-order chi connectivity index (χ1) is 4.57. The fourth-order valence-corrected chi connectivity index (χ4v) is 0.561. The number of hydrogen-bond donors (Lipinski definition) is 3. The van der Waals surface area contributed by atoms with Crippen molar-refractivity contribution in [3.8, 4) is 0 Å². The van der Waals surface area contributed by atoms with Crippen LogP contribution >= 0.6 is 0 Å². The fraction of sp³-hybridized carbons (Fsp3) is 0.833. The van der Waals surface area contributed by atoms with Gasteiger partial charge in [-0.1, -0.05) is 6.92 Å². The van der Waals surface area contributed by atoms with E-state index in [0.717, 1.165) is 0 Å². The molecule has 0 saturated carbocycles. The van der Waals surface area contributed by atoms with Crippen molar-refractivity contribution < 1.29 is 15.0 Å². The molecule has 0 saturated heterocycles. The molecule has 0 unspecified atom stereocenters. The van der Waals surface area contributed by atoms with Crippen LogP contribution in [0.4, 0.5) is 0 Å². The standard InChI is InChI=1S/C6H13NO3/c1-2-4(8)3-5(7)6(9)10/h4-5,8H,2-3,7H2,1H3,(H,9,10)/t4-,5-/m0/s1. The Hall–Kier alpha value is -0.610. The van der Waals surface area contributed by atoms with E-state index >= 15 is 0 Å². The molecule has 4 heteroatoms. The molecule has 0 bridgehead atoms. The number of nitrogens with two attached hydrogens (primary N) is 1. The van der Waals surface area contributed by atoms with Gasteiger partial charge in [0.1, 0.15) is 6.04 Å². The lowest BCUT2D eigenvalue weighted by Gasteiger charge is -2.09. The van der Waals surface area contributed by atoms with E-state index in [0.29, 0.717) is 6.42 Å². The van der Waals surface area contributed by atoms with Crippen molar-refractivity contribution in [3.63, 3.8) is 0 Å². The number of aliphatic hydroxyl groups excluding tert-OH is 1. The fourth-order valence-electron chi connectivity index (χ4n) is 0.561. The second-order valence-electron chi connectivity index (χ2n) is 2.24. The van der Waals surface area contributed by atoms with Gasteiger partial charge < -0.3 is 15.9 Å². The molecule has 2 atom stereocenters. The number of rotatable bonds is 4. The summed E-state index contributed by atoms with van der Waals surface area (Å²) in [6.07, 6.45) is 0.0819. The molecule has 0 rings (SSSR count). The van der Waals surface area contributed by atoms with Gasteiger partial charge in [0.25, 0.3) is 0 Å². The number of aliphatic hydroxyl groups is 1. The predicted molar refractivity (Wildman–Crippen MR) is 36.5 cm³/mol. The second kappa shape index (κ2) is 4.24. The number of carboxylic acid groups (broad SMARTS) is 1. The molecular formula is C6H13NO3. The van der Waals surface area contributed by atoms with Crippen molar-refractivity contribution in [2.75, 3.05) is 0 Å². The van der Waals surface area contributed by atoms with Crippen molar-refractivity contribution in [1.29, 1.82) is 0 Å². The molecule has 0 aromatic carbocycles. The molecule has 0 radical (unpaired) electrons. The van der Waals surface area contributed by atoms with E-state index in [1.165, 1.54) is 0 Å². The van der Waals surface area contributed by atoms with E-state index in [2.05, 4.69) is 0 Å². The Morgan fingerprint density at radius 3 is 2.50 bits per heavy atom. The van der Waals surface area contributed by atoms with Crippen LogP contribution in [0.15, 0.2) is 0 Å². The zero-order chi connectivity index (χ0) is 8.15. The topological polar surface area (TPSA) is 83.5 Å². The first-order valence-corrected chi connectivity index (χ1v) is 3.24. The Bertz CT molecular complexity index is 116. The van der Waals surface area contributed by atoms with Gasteiger partial charge in [-0.2, -0.15) is 0 Å². The van der Waals surface area contributed by atoms with E-state index in [4.69, 9.17) is 15.9 Å². The summed E-state index contributed by atoms with van der Waals surface area (Å²) in [4.78, 5) is 10.1. The molecule has 0 aliphatic carbocycles. The summed E-state index contributed by atoms with van der Waals surface area (Å²) >= 11 is 0. The minimum atomic E-state index is -1.06.